The first-order valence-electron chi connectivity index (χ1n) is 10.2. The first-order chi connectivity index (χ1) is 14.9. The van der Waals surface area contributed by atoms with Crippen molar-refractivity contribution >= 4 is 22.7 Å². The number of pyridine rings is 1. The molecule has 0 spiro atoms. The smallest absolute Gasteiger partial charge is 0.339 e. The molecule has 1 heterocycles. The van der Waals surface area contributed by atoms with Crippen molar-refractivity contribution in [1.82, 2.24) is 4.98 Å². The van der Waals surface area contributed by atoms with Gasteiger partial charge < -0.3 is 4.74 Å². The number of ketones is 1. The van der Waals surface area contributed by atoms with E-state index in [1.165, 1.54) is 0 Å². The number of hydrogen-bond donors (Lipinski definition) is 0. The fourth-order valence-electron chi connectivity index (χ4n) is 3.45. The van der Waals surface area contributed by atoms with Gasteiger partial charge in [0.15, 0.2) is 6.10 Å². The zero-order valence-corrected chi connectivity index (χ0v) is 17.8. The van der Waals surface area contributed by atoms with Gasteiger partial charge in [0.2, 0.25) is 5.78 Å². The molecule has 0 N–H and O–H groups in total. The number of nitrogens with zero attached hydrogens (tertiary/aromatic N) is 1. The van der Waals surface area contributed by atoms with E-state index in [1.54, 1.807) is 25.1 Å². The highest BCUT2D eigenvalue weighted by Gasteiger charge is 2.22. The number of fused-ring (bicyclic) bond motifs is 1. The van der Waals surface area contributed by atoms with Gasteiger partial charge in [0.05, 0.1) is 16.8 Å². The molecule has 154 valence electrons. The normalized spacial score (nSPS) is 11.8. The van der Waals surface area contributed by atoms with Crippen LogP contribution in [0.4, 0.5) is 0 Å². The van der Waals surface area contributed by atoms with Crippen LogP contribution in [0, 0.1) is 13.8 Å². The molecule has 0 amide bonds. The summed E-state index contributed by atoms with van der Waals surface area (Å²) in [5, 5.41) is 0.693. The molecular weight excluding hydrogens is 386 g/mol. The molecule has 1 atom stereocenters. The third-order valence-corrected chi connectivity index (χ3v) is 5.27. The van der Waals surface area contributed by atoms with E-state index in [1.807, 2.05) is 74.5 Å². The number of para-hydroxylation sites is 1. The van der Waals surface area contributed by atoms with Gasteiger partial charge in [0.1, 0.15) is 0 Å². The summed E-state index contributed by atoms with van der Waals surface area (Å²) >= 11 is 0. The summed E-state index contributed by atoms with van der Waals surface area (Å²) in [6.07, 6.45) is -0.898. The average Bonchev–Trinajstić information content (AvgIpc) is 2.78. The van der Waals surface area contributed by atoms with Gasteiger partial charge in [-0.2, -0.15) is 0 Å². The minimum Gasteiger partial charge on any atom is -0.451 e. The summed E-state index contributed by atoms with van der Waals surface area (Å²) in [6.45, 7) is 5.58. The van der Waals surface area contributed by atoms with Crippen LogP contribution >= 0.6 is 0 Å². The SMILES string of the molecule is Cc1ccc(C(=O)[C@H](C)OC(=O)c2cc(-c3ccc(C)cc3)nc3ccccc23)cc1. The topological polar surface area (TPSA) is 56.3 Å². The number of aryl methyl sites for hydroxylation is 2. The van der Waals surface area contributed by atoms with E-state index in [9.17, 15) is 9.59 Å². The molecule has 4 heteroatoms. The Hall–Kier alpha value is -3.79. The largest absolute Gasteiger partial charge is 0.451 e. The van der Waals surface area contributed by atoms with Crippen molar-refractivity contribution in [3.8, 4) is 11.3 Å². The zero-order chi connectivity index (χ0) is 22.0. The molecule has 4 nitrogen and oxygen atoms in total. The van der Waals surface area contributed by atoms with Crippen LogP contribution in [0.5, 0.6) is 0 Å². The maximum atomic E-state index is 13.1. The third-order valence-electron chi connectivity index (χ3n) is 5.27. The third kappa shape index (κ3) is 4.38. The van der Waals surface area contributed by atoms with Crippen molar-refractivity contribution in [3.05, 3.63) is 101 Å². The van der Waals surface area contributed by atoms with Crippen molar-refractivity contribution in [3.63, 3.8) is 0 Å². The van der Waals surface area contributed by atoms with Crippen LogP contribution in [0.3, 0.4) is 0 Å². The number of carbonyl (C=O) groups excluding carboxylic acids is 2. The second kappa shape index (κ2) is 8.52. The molecule has 0 radical (unpaired) electrons. The summed E-state index contributed by atoms with van der Waals surface area (Å²) in [7, 11) is 0. The lowest BCUT2D eigenvalue weighted by atomic mass is 10.0. The molecular formula is C27H23NO3. The lowest BCUT2D eigenvalue weighted by Gasteiger charge is -2.14. The van der Waals surface area contributed by atoms with Gasteiger partial charge in [-0.25, -0.2) is 9.78 Å². The average molecular weight is 409 g/mol. The number of benzene rings is 3. The fourth-order valence-corrected chi connectivity index (χ4v) is 3.45. The quantitative estimate of drug-likeness (QED) is 0.302. The lowest BCUT2D eigenvalue weighted by molar-refractivity contribution is 0.0320. The highest BCUT2D eigenvalue weighted by atomic mass is 16.5. The van der Waals surface area contributed by atoms with Crippen LogP contribution in [0.1, 0.15) is 38.8 Å². The molecule has 0 saturated carbocycles. The minimum atomic E-state index is -0.898. The molecule has 0 aliphatic carbocycles. The van der Waals surface area contributed by atoms with Gasteiger partial charge >= 0.3 is 5.97 Å². The van der Waals surface area contributed by atoms with Crippen LogP contribution in [0.25, 0.3) is 22.2 Å². The molecule has 0 unspecified atom stereocenters. The van der Waals surface area contributed by atoms with Gasteiger partial charge in [-0.1, -0.05) is 77.9 Å². The van der Waals surface area contributed by atoms with E-state index in [4.69, 9.17) is 9.72 Å². The monoisotopic (exact) mass is 409 g/mol. The van der Waals surface area contributed by atoms with E-state index < -0.39 is 12.1 Å². The summed E-state index contributed by atoms with van der Waals surface area (Å²) in [4.78, 5) is 30.5. The number of rotatable bonds is 5. The Labute approximate surface area is 181 Å². The molecule has 4 aromatic rings. The van der Waals surface area contributed by atoms with Crippen LogP contribution < -0.4 is 0 Å². The van der Waals surface area contributed by atoms with Gasteiger partial charge in [0.25, 0.3) is 0 Å². The van der Waals surface area contributed by atoms with E-state index in [-0.39, 0.29) is 5.78 Å². The number of hydrogen-bond acceptors (Lipinski definition) is 4. The van der Waals surface area contributed by atoms with Crippen LogP contribution in [0.2, 0.25) is 0 Å². The van der Waals surface area contributed by atoms with Crippen LogP contribution in [-0.4, -0.2) is 22.8 Å². The molecule has 0 bridgehead atoms. The van der Waals surface area contributed by atoms with Gasteiger partial charge in [-0.05, 0) is 32.9 Å². The highest BCUT2D eigenvalue weighted by molar-refractivity contribution is 6.06. The maximum absolute atomic E-state index is 13.1. The molecule has 1 aromatic heterocycles. The molecule has 4 rings (SSSR count). The second-order valence-electron chi connectivity index (χ2n) is 7.72. The molecule has 0 fully saturated rings. The van der Waals surface area contributed by atoms with Crippen LogP contribution in [0.15, 0.2) is 78.9 Å². The van der Waals surface area contributed by atoms with E-state index in [0.29, 0.717) is 27.7 Å². The minimum absolute atomic E-state index is 0.231. The number of ether oxygens (including phenoxy) is 1. The molecule has 0 aliphatic heterocycles. The number of esters is 1. The predicted molar refractivity (Wildman–Crippen MR) is 122 cm³/mol. The Morgan fingerprint density at radius 3 is 2.13 bits per heavy atom. The zero-order valence-electron chi connectivity index (χ0n) is 17.8. The van der Waals surface area contributed by atoms with Crippen LogP contribution in [-0.2, 0) is 4.74 Å². The second-order valence-corrected chi connectivity index (χ2v) is 7.72. The highest BCUT2D eigenvalue weighted by Crippen LogP contribution is 2.26. The standard InChI is InChI=1S/C27H23NO3/c1-17-8-12-20(13-9-17)25-16-23(22-6-4-5-7-24(22)28-25)27(30)31-19(3)26(29)21-14-10-18(2)11-15-21/h4-16,19H,1-3H3/t19-/m0/s1. The Bertz CT molecular complexity index is 1260. The van der Waals surface area contributed by atoms with Gasteiger partial charge in [-0.15, -0.1) is 0 Å². The Balaban J connectivity index is 1.67. The van der Waals surface area contributed by atoms with Gasteiger partial charge in [-0.3, -0.25) is 4.79 Å². The summed E-state index contributed by atoms with van der Waals surface area (Å²) in [6, 6.07) is 24.4. The van der Waals surface area contributed by atoms with Crippen molar-refractivity contribution in [2.75, 3.05) is 0 Å². The number of carbonyl (C=O) groups is 2. The van der Waals surface area contributed by atoms with E-state index in [0.717, 1.165) is 16.7 Å². The molecule has 0 aliphatic rings. The van der Waals surface area contributed by atoms with Crippen molar-refractivity contribution in [1.29, 1.82) is 0 Å². The van der Waals surface area contributed by atoms with E-state index >= 15 is 0 Å². The fraction of sp³-hybridized carbons (Fsp3) is 0.148. The molecule has 31 heavy (non-hydrogen) atoms. The lowest BCUT2D eigenvalue weighted by Crippen LogP contribution is -2.24. The molecule has 0 saturated heterocycles. The maximum Gasteiger partial charge on any atom is 0.339 e. The van der Waals surface area contributed by atoms with Crippen molar-refractivity contribution in [2.24, 2.45) is 0 Å². The first-order valence-corrected chi connectivity index (χ1v) is 10.2. The number of Topliss-reactive ketones (excluding diaryl/α,β-unsaturated/α-hetero) is 1. The predicted octanol–water partition coefficient (Wildman–Crippen LogP) is 5.95. The summed E-state index contributed by atoms with van der Waals surface area (Å²) in [5.41, 5.74) is 5.42. The first kappa shape index (κ1) is 20.5. The Morgan fingerprint density at radius 1 is 0.839 bits per heavy atom. The van der Waals surface area contributed by atoms with E-state index in [2.05, 4.69) is 0 Å². The van der Waals surface area contributed by atoms with Gasteiger partial charge in [0, 0.05) is 16.5 Å². The number of aromatic nitrogens is 1. The molecule has 3 aromatic carbocycles. The summed E-state index contributed by atoms with van der Waals surface area (Å²) < 4.78 is 5.58. The Morgan fingerprint density at radius 2 is 1.45 bits per heavy atom. The van der Waals surface area contributed by atoms with Crippen molar-refractivity contribution in [2.45, 2.75) is 26.9 Å². The van der Waals surface area contributed by atoms with Crippen molar-refractivity contribution < 1.29 is 14.3 Å². The summed E-state index contributed by atoms with van der Waals surface area (Å²) in [5.74, 6) is -0.773. The Kier molecular flexibility index (Phi) is 5.63.